The quantitative estimate of drug-likeness (QED) is 0.723. The van der Waals surface area contributed by atoms with Gasteiger partial charge in [-0.2, -0.15) is 5.26 Å². The van der Waals surface area contributed by atoms with Gasteiger partial charge < -0.3 is 5.73 Å². The lowest BCUT2D eigenvalue weighted by atomic mass is 10.1. The number of hydrogen-bond acceptors (Lipinski definition) is 3. The summed E-state index contributed by atoms with van der Waals surface area (Å²) in [5, 5.41) is 8.94. The summed E-state index contributed by atoms with van der Waals surface area (Å²) in [6.45, 7) is 0. The number of imidazole rings is 1. The van der Waals surface area contributed by atoms with E-state index in [0.717, 1.165) is 21.5 Å². The van der Waals surface area contributed by atoms with E-state index in [2.05, 4.69) is 27.0 Å². The van der Waals surface area contributed by atoms with Gasteiger partial charge in [0, 0.05) is 28.1 Å². The lowest BCUT2D eigenvalue weighted by Crippen LogP contribution is -1.98. The third-order valence-corrected chi connectivity index (χ3v) is 3.76. The first-order valence-corrected chi connectivity index (χ1v) is 7.07. The molecule has 0 spiro atoms. The van der Waals surface area contributed by atoms with Gasteiger partial charge in [0.25, 0.3) is 0 Å². The van der Waals surface area contributed by atoms with E-state index in [1.165, 1.54) is 0 Å². The molecule has 0 aliphatic rings. The van der Waals surface area contributed by atoms with Crippen LogP contribution < -0.4 is 5.73 Å². The highest BCUT2D eigenvalue weighted by Gasteiger charge is 2.11. The Hall–Kier alpha value is -2.58. The van der Waals surface area contributed by atoms with Crippen molar-refractivity contribution in [3.63, 3.8) is 0 Å². The summed E-state index contributed by atoms with van der Waals surface area (Å²) >= 11 is 3.51. The molecule has 3 aromatic rings. The molecule has 0 bridgehead atoms. The SMILES string of the molecule is N#Cc1ccc(-n2ccnc2-c2cccc(N)c2)c(Br)c1. The fraction of sp³-hybridized carbons (Fsp3) is 0. The summed E-state index contributed by atoms with van der Waals surface area (Å²) < 4.78 is 2.80. The van der Waals surface area contributed by atoms with Crippen molar-refractivity contribution in [2.75, 3.05) is 5.73 Å². The van der Waals surface area contributed by atoms with Crippen LogP contribution in [0.3, 0.4) is 0 Å². The van der Waals surface area contributed by atoms with Crippen molar-refractivity contribution in [3.05, 3.63) is 64.9 Å². The van der Waals surface area contributed by atoms with Crippen LogP contribution in [0.1, 0.15) is 5.56 Å². The number of nitriles is 1. The zero-order valence-electron chi connectivity index (χ0n) is 11.0. The highest BCUT2D eigenvalue weighted by molar-refractivity contribution is 9.10. The minimum Gasteiger partial charge on any atom is -0.399 e. The number of benzene rings is 2. The summed E-state index contributed by atoms with van der Waals surface area (Å²) in [6.07, 6.45) is 3.62. The number of aromatic nitrogens is 2. The molecule has 102 valence electrons. The summed E-state index contributed by atoms with van der Waals surface area (Å²) in [6, 6.07) is 15.2. The van der Waals surface area contributed by atoms with Crippen LogP contribution in [0.5, 0.6) is 0 Å². The molecule has 4 nitrogen and oxygen atoms in total. The Morgan fingerprint density at radius 1 is 1.19 bits per heavy atom. The summed E-state index contributed by atoms with van der Waals surface area (Å²) in [4.78, 5) is 4.41. The molecule has 0 aliphatic heterocycles. The third kappa shape index (κ3) is 2.54. The summed E-state index contributed by atoms with van der Waals surface area (Å²) in [7, 11) is 0. The maximum atomic E-state index is 8.94. The zero-order chi connectivity index (χ0) is 14.8. The molecule has 3 rings (SSSR count). The molecule has 21 heavy (non-hydrogen) atoms. The molecule has 1 heterocycles. The molecule has 0 fully saturated rings. The maximum Gasteiger partial charge on any atom is 0.144 e. The monoisotopic (exact) mass is 338 g/mol. The van der Waals surface area contributed by atoms with Gasteiger partial charge in [-0.05, 0) is 46.3 Å². The Morgan fingerprint density at radius 3 is 2.76 bits per heavy atom. The highest BCUT2D eigenvalue weighted by Crippen LogP contribution is 2.28. The fourth-order valence-corrected chi connectivity index (χ4v) is 2.73. The van der Waals surface area contributed by atoms with E-state index < -0.39 is 0 Å². The first-order chi connectivity index (χ1) is 10.2. The van der Waals surface area contributed by atoms with Gasteiger partial charge in [0.2, 0.25) is 0 Å². The smallest absolute Gasteiger partial charge is 0.144 e. The molecule has 1 aromatic heterocycles. The van der Waals surface area contributed by atoms with Crippen molar-refractivity contribution < 1.29 is 0 Å². The first-order valence-electron chi connectivity index (χ1n) is 6.28. The Morgan fingerprint density at radius 2 is 2.05 bits per heavy atom. The van der Waals surface area contributed by atoms with Crippen molar-refractivity contribution in [2.24, 2.45) is 0 Å². The normalized spacial score (nSPS) is 10.3. The van der Waals surface area contributed by atoms with Gasteiger partial charge in [-0.25, -0.2) is 4.98 Å². The second-order valence-corrected chi connectivity index (χ2v) is 5.38. The maximum absolute atomic E-state index is 8.94. The summed E-state index contributed by atoms with van der Waals surface area (Å²) in [5.41, 5.74) is 9.00. The van der Waals surface area contributed by atoms with E-state index in [4.69, 9.17) is 11.0 Å². The van der Waals surface area contributed by atoms with Crippen LogP contribution in [0.2, 0.25) is 0 Å². The minimum atomic E-state index is 0.608. The molecule has 0 aliphatic carbocycles. The van der Waals surface area contributed by atoms with Crippen molar-refractivity contribution in [2.45, 2.75) is 0 Å². The summed E-state index contributed by atoms with van der Waals surface area (Å²) in [5.74, 6) is 0.799. The number of hydrogen-bond donors (Lipinski definition) is 1. The molecule has 5 heteroatoms. The molecular formula is C16H11BrN4. The predicted octanol–water partition coefficient (Wildman–Crippen LogP) is 3.76. The van der Waals surface area contributed by atoms with Gasteiger partial charge in [-0.1, -0.05) is 12.1 Å². The van der Waals surface area contributed by atoms with Crippen molar-refractivity contribution in [3.8, 4) is 23.1 Å². The molecule has 0 radical (unpaired) electrons. The number of nitrogen functional groups attached to an aromatic ring is 1. The Labute approximate surface area is 130 Å². The van der Waals surface area contributed by atoms with Crippen LogP contribution in [-0.2, 0) is 0 Å². The second-order valence-electron chi connectivity index (χ2n) is 4.52. The fourth-order valence-electron chi connectivity index (χ4n) is 2.16. The van der Waals surface area contributed by atoms with Crippen molar-refractivity contribution in [1.29, 1.82) is 5.26 Å². The predicted molar refractivity (Wildman–Crippen MR) is 85.8 cm³/mol. The van der Waals surface area contributed by atoms with Gasteiger partial charge in [0.1, 0.15) is 5.82 Å². The molecule has 2 aromatic carbocycles. The molecule has 0 saturated heterocycles. The van der Waals surface area contributed by atoms with Crippen LogP contribution >= 0.6 is 15.9 Å². The number of anilines is 1. The largest absolute Gasteiger partial charge is 0.399 e. The van der Waals surface area contributed by atoms with Crippen molar-refractivity contribution >= 4 is 21.6 Å². The Balaban J connectivity index is 2.14. The molecule has 0 unspecified atom stereocenters. The topological polar surface area (TPSA) is 67.6 Å². The average molecular weight is 339 g/mol. The first kappa shape index (κ1) is 13.4. The lowest BCUT2D eigenvalue weighted by Gasteiger charge is -2.10. The van der Waals surface area contributed by atoms with E-state index in [1.807, 2.05) is 41.1 Å². The van der Waals surface area contributed by atoms with E-state index in [0.29, 0.717) is 11.3 Å². The average Bonchev–Trinajstić information content (AvgIpc) is 2.96. The number of nitrogens with two attached hydrogens (primary N) is 1. The van der Waals surface area contributed by atoms with Gasteiger partial charge in [0.05, 0.1) is 17.3 Å². The van der Waals surface area contributed by atoms with Gasteiger partial charge in [-0.15, -0.1) is 0 Å². The number of rotatable bonds is 2. The minimum absolute atomic E-state index is 0.608. The van der Waals surface area contributed by atoms with Gasteiger partial charge >= 0.3 is 0 Å². The van der Waals surface area contributed by atoms with E-state index in [-0.39, 0.29) is 0 Å². The molecule has 0 saturated carbocycles. The molecular weight excluding hydrogens is 328 g/mol. The molecule has 2 N–H and O–H groups in total. The van der Waals surface area contributed by atoms with Gasteiger partial charge in [0.15, 0.2) is 0 Å². The van der Waals surface area contributed by atoms with Crippen LogP contribution in [0.25, 0.3) is 17.1 Å². The van der Waals surface area contributed by atoms with Crippen LogP contribution in [-0.4, -0.2) is 9.55 Å². The number of halogens is 1. The molecule has 0 amide bonds. The zero-order valence-corrected chi connectivity index (χ0v) is 12.6. The van der Waals surface area contributed by atoms with Crippen molar-refractivity contribution in [1.82, 2.24) is 9.55 Å². The molecule has 0 atom stereocenters. The lowest BCUT2D eigenvalue weighted by molar-refractivity contribution is 1.06. The van der Waals surface area contributed by atoms with Gasteiger partial charge in [-0.3, -0.25) is 4.57 Å². The second kappa shape index (κ2) is 5.43. The number of nitrogens with zero attached hydrogens (tertiary/aromatic N) is 3. The van der Waals surface area contributed by atoms with E-state index in [9.17, 15) is 0 Å². The van der Waals surface area contributed by atoms with Crippen LogP contribution in [0, 0.1) is 11.3 Å². The highest BCUT2D eigenvalue weighted by atomic mass is 79.9. The van der Waals surface area contributed by atoms with E-state index in [1.54, 1.807) is 18.3 Å². The van der Waals surface area contributed by atoms with Crippen LogP contribution in [0.4, 0.5) is 5.69 Å². The Kier molecular flexibility index (Phi) is 3.46. The standard InChI is InChI=1S/C16H11BrN4/c17-14-8-11(10-18)4-5-15(14)21-7-6-20-16(21)12-2-1-3-13(19)9-12/h1-9H,19H2. The Bertz CT molecular complexity index is 845. The van der Waals surface area contributed by atoms with E-state index >= 15 is 0 Å². The van der Waals surface area contributed by atoms with Crippen LogP contribution in [0.15, 0.2) is 59.3 Å². The third-order valence-electron chi connectivity index (χ3n) is 3.12.